The zero-order chi connectivity index (χ0) is 15.4. The molecule has 2 aromatic heterocycles. The van der Waals surface area contributed by atoms with E-state index in [1.54, 1.807) is 6.20 Å². The fourth-order valence-corrected chi connectivity index (χ4v) is 2.24. The Balaban J connectivity index is 1.55. The SMILES string of the molecule is Nc1nc2[nH]cc(CNCCOc3ccccc3)c2c(=O)[nH]1. The van der Waals surface area contributed by atoms with Crippen LogP contribution in [0.25, 0.3) is 11.0 Å². The summed E-state index contributed by atoms with van der Waals surface area (Å²) < 4.78 is 5.59. The van der Waals surface area contributed by atoms with Crippen molar-refractivity contribution in [3.8, 4) is 5.75 Å². The summed E-state index contributed by atoms with van der Waals surface area (Å²) in [6.07, 6.45) is 1.76. The van der Waals surface area contributed by atoms with Crippen molar-refractivity contribution >= 4 is 17.0 Å². The molecule has 114 valence electrons. The molecule has 3 rings (SSSR count). The number of aromatic amines is 2. The lowest BCUT2D eigenvalue weighted by atomic mass is 10.2. The van der Waals surface area contributed by atoms with Crippen molar-refractivity contribution in [3.05, 3.63) is 52.4 Å². The second-order valence-electron chi connectivity index (χ2n) is 4.83. The second-order valence-corrected chi connectivity index (χ2v) is 4.83. The van der Waals surface area contributed by atoms with Gasteiger partial charge in [0, 0.05) is 19.3 Å². The van der Waals surface area contributed by atoms with Crippen LogP contribution in [0, 0.1) is 0 Å². The number of rotatable bonds is 6. The first-order valence-electron chi connectivity index (χ1n) is 6.98. The normalized spacial score (nSPS) is 10.9. The minimum Gasteiger partial charge on any atom is -0.492 e. The van der Waals surface area contributed by atoms with Crippen molar-refractivity contribution in [2.24, 2.45) is 0 Å². The molecular formula is C15H17N5O2. The van der Waals surface area contributed by atoms with Crippen LogP contribution in [0.1, 0.15) is 5.56 Å². The quantitative estimate of drug-likeness (QED) is 0.508. The van der Waals surface area contributed by atoms with Crippen LogP contribution in [-0.2, 0) is 6.54 Å². The van der Waals surface area contributed by atoms with Crippen LogP contribution in [0.15, 0.2) is 41.3 Å². The predicted molar refractivity (Wildman–Crippen MR) is 84.8 cm³/mol. The fourth-order valence-electron chi connectivity index (χ4n) is 2.24. The minimum atomic E-state index is -0.235. The molecule has 0 bridgehead atoms. The van der Waals surface area contributed by atoms with E-state index in [0.29, 0.717) is 30.7 Å². The Morgan fingerprint density at radius 3 is 2.91 bits per heavy atom. The van der Waals surface area contributed by atoms with Crippen molar-refractivity contribution < 1.29 is 4.74 Å². The Labute approximate surface area is 126 Å². The lowest BCUT2D eigenvalue weighted by molar-refractivity contribution is 0.314. The predicted octanol–water partition coefficient (Wildman–Crippen LogP) is 1.00. The number of anilines is 1. The van der Waals surface area contributed by atoms with Crippen LogP contribution in [0.2, 0.25) is 0 Å². The maximum atomic E-state index is 11.9. The maximum Gasteiger partial charge on any atom is 0.262 e. The number of nitrogen functional groups attached to an aromatic ring is 1. The number of hydrogen-bond donors (Lipinski definition) is 4. The number of nitrogens with zero attached hydrogens (tertiary/aromatic N) is 1. The third-order valence-electron chi connectivity index (χ3n) is 3.25. The highest BCUT2D eigenvalue weighted by molar-refractivity contribution is 5.79. The molecule has 0 aliphatic carbocycles. The molecule has 1 aromatic carbocycles. The molecule has 0 aliphatic rings. The molecule has 0 fully saturated rings. The summed E-state index contributed by atoms with van der Waals surface area (Å²) in [5.41, 5.74) is 6.62. The van der Waals surface area contributed by atoms with Crippen molar-refractivity contribution in [3.63, 3.8) is 0 Å². The molecule has 0 saturated heterocycles. The van der Waals surface area contributed by atoms with E-state index in [0.717, 1.165) is 11.3 Å². The van der Waals surface area contributed by atoms with Crippen molar-refractivity contribution in [1.29, 1.82) is 0 Å². The Hall–Kier alpha value is -2.80. The summed E-state index contributed by atoms with van der Waals surface area (Å²) in [4.78, 5) is 21.4. The van der Waals surface area contributed by atoms with Crippen LogP contribution < -0.4 is 21.3 Å². The van der Waals surface area contributed by atoms with Crippen molar-refractivity contribution in [2.45, 2.75) is 6.54 Å². The van der Waals surface area contributed by atoms with Gasteiger partial charge in [0.05, 0.1) is 5.39 Å². The summed E-state index contributed by atoms with van der Waals surface area (Å²) in [7, 11) is 0. The van der Waals surface area contributed by atoms with Gasteiger partial charge in [0.25, 0.3) is 5.56 Å². The summed E-state index contributed by atoms with van der Waals surface area (Å²) >= 11 is 0. The number of benzene rings is 1. The molecule has 0 atom stereocenters. The molecule has 0 spiro atoms. The first kappa shape index (κ1) is 14.2. The van der Waals surface area contributed by atoms with Gasteiger partial charge in [-0.2, -0.15) is 4.98 Å². The largest absolute Gasteiger partial charge is 0.492 e. The Morgan fingerprint density at radius 2 is 2.09 bits per heavy atom. The molecular weight excluding hydrogens is 282 g/mol. The number of ether oxygens (including phenoxy) is 1. The smallest absolute Gasteiger partial charge is 0.262 e. The highest BCUT2D eigenvalue weighted by Crippen LogP contribution is 2.12. The molecule has 22 heavy (non-hydrogen) atoms. The Kier molecular flexibility index (Phi) is 4.06. The standard InChI is InChI=1S/C15H17N5O2/c16-15-19-13-12(14(21)20-15)10(9-18-13)8-17-6-7-22-11-4-2-1-3-5-11/h1-5,9,17H,6-8H2,(H4,16,18,19,20,21). The van der Waals surface area contributed by atoms with Crippen molar-refractivity contribution in [1.82, 2.24) is 20.3 Å². The third kappa shape index (κ3) is 3.09. The summed E-state index contributed by atoms with van der Waals surface area (Å²) in [6.45, 7) is 1.77. The highest BCUT2D eigenvalue weighted by Gasteiger charge is 2.09. The van der Waals surface area contributed by atoms with Gasteiger partial charge in [-0.15, -0.1) is 0 Å². The van der Waals surface area contributed by atoms with E-state index in [2.05, 4.69) is 20.3 Å². The maximum absolute atomic E-state index is 11.9. The van der Waals surface area contributed by atoms with Gasteiger partial charge in [-0.1, -0.05) is 18.2 Å². The number of hydrogen-bond acceptors (Lipinski definition) is 5. The van der Waals surface area contributed by atoms with Gasteiger partial charge in [0.15, 0.2) is 0 Å². The second kappa shape index (κ2) is 6.31. The number of H-pyrrole nitrogens is 2. The van der Waals surface area contributed by atoms with E-state index in [-0.39, 0.29) is 11.5 Å². The van der Waals surface area contributed by atoms with Crippen LogP contribution in [0.3, 0.4) is 0 Å². The Bertz CT molecular complexity index is 810. The first-order valence-corrected chi connectivity index (χ1v) is 6.98. The molecule has 0 unspecified atom stereocenters. The molecule has 2 heterocycles. The molecule has 7 heteroatoms. The van der Waals surface area contributed by atoms with Crippen LogP contribution >= 0.6 is 0 Å². The van der Waals surface area contributed by atoms with Gasteiger partial charge >= 0.3 is 0 Å². The monoisotopic (exact) mass is 299 g/mol. The number of nitrogens with one attached hydrogen (secondary N) is 3. The van der Waals surface area contributed by atoms with E-state index in [4.69, 9.17) is 10.5 Å². The third-order valence-corrected chi connectivity index (χ3v) is 3.25. The molecule has 0 radical (unpaired) electrons. The molecule has 7 nitrogen and oxygen atoms in total. The van der Waals surface area contributed by atoms with Crippen LogP contribution in [0.5, 0.6) is 5.75 Å². The van der Waals surface area contributed by atoms with Gasteiger partial charge in [-0.25, -0.2) is 0 Å². The zero-order valence-electron chi connectivity index (χ0n) is 11.9. The number of fused-ring (bicyclic) bond motifs is 1. The average molecular weight is 299 g/mol. The molecule has 0 aliphatic heterocycles. The van der Waals surface area contributed by atoms with Gasteiger partial charge in [0.2, 0.25) is 5.95 Å². The highest BCUT2D eigenvalue weighted by atomic mass is 16.5. The van der Waals surface area contributed by atoms with Gasteiger partial charge in [0.1, 0.15) is 18.0 Å². The van der Waals surface area contributed by atoms with E-state index in [9.17, 15) is 4.79 Å². The lowest BCUT2D eigenvalue weighted by Crippen LogP contribution is -2.21. The number of aromatic nitrogens is 3. The van der Waals surface area contributed by atoms with Crippen LogP contribution in [0.4, 0.5) is 5.95 Å². The molecule has 0 amide bonds. The van der Waals surface area contributed by atoms with Crippen molar-refractivity contribution in [2.75, 3.05) is 18.9 Å². The van der Waals surface area contributed by atoms with E-state index in [1.165, 1.54) is 0 Å². The van der Waals surface area contributed by atoms with Gasteiger partial charge in [-0.05, 0) is 17.7 Å². The van der Waals surface area contributed by atoms with E-state index < -0.39 is 0 Å². The van der Waals surface area contributed by atoms with Crippen LogP contribution in [-0.4, -0.2) is 28.1 Å². The summed E-state index contributed by atoms with van der Waals surface area (Å²) in [5.74, 6) is 0.947. The average Bonchev–Trinajstić information content (AvgIpc) is 2.91. The summed E-state index contributed by atoms with van der Waals surface area (Å²) in [6, 6.07) is 9.63. The summed E-state index contributed by atoms with van der Waals surface area (Å²) in [5, 5.41) is 3.77. The fraction of sp³-hybridized carbons (Fsp3) is 0.200. The van der Waals surface area contributed by atoms with Gasteiger partial charge in [-0.3, -0.25) is 9.78 Å². The van der Waals surface area contributed by atoms with Gasteiger partial charge < -0.3 is 20.8 Å². The van der Waals surface area contributed by atoms with E-state index >= 15 is 0 Å². The first-order chi connectivity index (χ1) is 10.7. The topological polar surface area (TPSA) is 109 Å². The minimum absolute atomic E-state index is 0.107. The molecule has 3 aromatic rings. The number of para-hydroxylation sites is 1. The molecule has 5 N–H and O–H groups in total. The molecule has 0 saturated carbocycles. The zero-order valence-corrected chi connectivity index (χ0v) is 11.9. The Morgan fingerprint density at radius 1 is 1.27 bits per heavy atom. The lowest BCUT2D eigenvalue weighted by Gasteiger charge is -2.06. The number of nitrogens with two attached hydrogens (primary N) is 1. The van der Waals surface area contributed by atoms with E-state index in [1.807, 2.05) is 30.3 Å².